The first-order valence-electron chi connectivity index (χ1n) is 14.4. The molecular formula is C31H37F2N3O6. The highest BCUT2D eigenvalue weighted by Crippen LogP contribution is 2.45. The van der Waals surface area contributed by atoms with Crippen LogP contribution in [0.4, 0.5) is 8.78 Å². The number of nitrogens with one attached hydrogen (secondary N) is 1. The number of carbonyl (C=O) groups excluding carboxylic acids is 2. The van der Waals surface area contributed by atoms with E-state index in [1.807, 2.05) is 12.1 Å². The molecule has 2 aliphatic heterocycles. The Kier molecular flexibility index (Phi) is 9.69. The minimum absolute atomic E-state index is 0.0542. The first-order chi connectivity index (χ1) is 20.3. The SMILES string of the molecule is COc1cc2c(cc1OC(F)F)C1CC(OC(C)=O)CCC1N=C2c1ccc(C(=O)NCCCN2CCOCC2)cc1. The fraction of sp³-hybridized carbons (Fsp3) is 0.516. The number of benzene rings is 2. The molecule has 2 aromatic rings. The molecule has 1 N–H and O–H groups in total. The second-order valence-electron chi connectivity index (χ2n) is 10.8. The van der Waals surface area contributed by atoms with E-state index in [4.69, 9.17) is 23.9 Å². The van der Waals surface area contributed by atoms with Crippen LogP contribution in [0.15, 0.2) is 41.4 Å². The van der Waals surface area contributed by atoms with Gasteiger partial charge in [0.1, 0.15) is 6.10 Å². The van der Waals surface area contributed by atoms with Crippen LogP contribution in [-0.2, 0) is 14.3 Å². The van der Waals surface area contributed by atoms with Crippen LogP contribution in [0.2, 0.25) is 0 Å². The number of hydrogen-bond donors (Lipinski definition) is 1. The van der Waals surface area contributed by atoms with Crippen molar-refractivity contribution in [3.63, 3.8) is 0 Å². The maximum atomic E-state index is 13.2. The zero-order chi connectivity index (χ0) is 29.6. The molecule has 0 radical (unpaired) electrons. The fourth-order valence-electron chi connectivity index (χ4n) is 6.06. The normalized spacial score (nSPS) is 22.0. The van der Waals surface area contributed by atoms with Crippen molar-refractivity contribution in [2.75, 3.05) is 46.5 Å². The summed E-state index contributed by atoms with van der Waals surface area (Å²) in [4.78, 5) is 31.8. The second kappa shape index (κ2) is 13.6. The summed E-state index contributed by atoms with van der Waals surface area (Å²) in [6.07, 6.45) is 2.44. The Morgan fingerprint density at radius 2 is 1.88 bits per heavy atom. The number of fused-ring (bicyclic) bond motifs is 3. The molecule has 2 fully saturated rings. The van der Waals surface area contributed by atoms with Gasteiger partial charge < -0.3 is 24.3 Å². The van der Waals surface area contributed by atoms with Gasteiger partial charge in [0, 0.05) is 49.2 Å². The number of nitrogens with zero attached hydrogens (tertiary/aromatic N) is 2. The summed E-state index contributed by atoms with van der Waals surface area (Å²) >= 11 is 0. The predicted octanol–water partition coefficient (Wildman–Crippen LogP) is 4.17. The van der Waals surface area contributed by atoms with Crippen molar-refractivity contribution in [2.45, 2.75) is 57.3 Å². The zero-order valence-electron chi connectivity index (χ0n) is 23.9. The van der Waals surface area contributed by atoms with E-state index in [0.29, 0.717) is 37.1 Å². The number of rotatable bonds is 10. The predicted molar refractivity (Wildman–Crippen MR) is 152 cm³/mol. The molecule has 3 unspecified atom stereocenters. The second-order valence-corrected chi connectivity index (χ2v) is 10.8. The van der Waals surface area contributed by atoms with Crippen LogP contribution in [0.3, 0.4) is 0 Å². The van der Waals surface area contributed by atoms with Gasteiger partial charge in [0.25, 0.3) is 5.91 Å². The van der Waals surface area contributed by atoms with Gasteiger partial charge in [0.15, 0.2) is 11.5 Å². The van der Waals surface area contributed by atoms with Gasteiger partial charge in [-0.3, -0.25) is 19.5 Å². The van der Waals surface area contributed by atoms with E-state index in [1.165, 1.54) is 14.0 Å². The summed E-state index contributed by atoms with van der Waals surface area (Å²) in [7, 11) is 1.40. The lowest BCUT2D eigenvalue weighted by Crippen LogP contribution is -2.38. The molecule has 1 saturated carbocycles. The third-order valence-corrected chi connectivity index (χ3v) is 8.06. The van der Waals surface area contributed by atoms with E-state index in [9.17, 15) is 18.4 Å². The third-order valence-electron chi connectivity index (χ3n) is 8.06. The number of ether oxygens (including phenoxy) is 4. The Morgan fingerprint density at radius 1 is 1.12 bits per heavy atom. The monoisotopic (exact) mass is 585 g/mol. The van der Waals surface area contributed by atoms with Crippen LogP contribution >= 0.6 is 0 Å². The van der Waals surface area contributed by atoms with E-state index in [1.54, 1.807) is 24.3 Å². The summed E-state index contributed by atoms with van der Waals surface area (Å²) in [5, 5.41) is 2.99. The average Bonchev–Trinajstić information content (AvgIpc) is 2.98. The fourth-order valence-corrected chi connectivity index (χ4v) is 6.06. The molecule has 226 valence electrons. The highest BCUT2D eigenvalue weighted by molar-refractivity contribution is 6.15. The molecule has 0 bridgehead atoms. The van der Waals surface area contributed by atoms with E-state index in [0.717, 1.165) is 56.0 Å². The molecule has 11 heteroatoms. The zero-order valence-corrected chi connectivity index (χ0v) is 23.9. The summed E-state index contributed by atoms with van der Waals surface area (Å²) in [6, 6.07) is 10.4. The molecule has 0 aromatic heterocycles. The van der Waals surface area contributed by atoms with Gasteiger partial charge >= 0.3 is 12.6 Å². The van der Waals surface area contributed by atoms with Gasteiger partial charge in [-0.15, -0.1) is 0 Å². The van der Waals surface area contributed by atoms with Gasteiger partial charge in [-0.05, 0) is 62.1 Å². The largest absolute Gasteiger partial charge is 0.493 e. The van der Waals surface area contributed by atoms with Crippen molar-refractivity contribution in [1.29, 1.82) is 0 Å². The van der Waals surface area contributed by atoms with Crippen LogP contribution in [0.25, 0.3) is 0 Å². The lowest BCUT2D eigenvalue weighted by molar-refractivity contribution is -0.148. The van der Waals surface area contributed by atoms with E-state index in [-0.39, 0.29) is 41.4 Å². The van der Waals surface area contributed by atoms with Crippen LogP contribution in [-0.4, -0.2) is 87.7 Å². The van der Waals surface area contributed by atoms with Gasteiger partial charge in [-0.25, -0.2) is 0 Å². The molecule has 1 amide bonds. The number of hydrogen-bond acceptors (Lipinski definition) is 8. The van der Waals surface area contributed by atoms with Crippen molar-refractivity contribution in [3.8, 4) is 11.5 Å². The van der Waals surface area contributed by atoms with Crippen molar-refractivity contribution < 1.29 is 37.3 Å². The average molecular weight is 586 g/mol. The van der Waals surface area contributed by atoms with Crippen molar-refractivity contribution >= 4 is 17.6 Å². The third kappa shape index (κ3) is 7.07. The van der Waals surface area contributed by atoms with Gasteiger partial charge in [-0.2, -0.15) is 8.78 Å². The quantitative estimate of drug-likeness (QED) is 0.330. The van der Waals surface area contributed by atoms with Crippen LogP contribution < -0.4 is 14.8 Å². The molecule has 9 nitrogen and oxygen atoms in total. The molecule has 42 heavy (non-hydrogen) atoms. The molecule has 1 saturated heterocycles. The number of amides is 1. The smallest absolute Gasteiger partial charge is 0.387 e. The number of morpholine rings is 1. The maximum Gasteiger partial charge on any atom is 0.387 e. The molecule has 2 heterocycles. The summed E-state index contributed by atoms with van der Waals surface area (Å²) in [6.45, 7) is 3.21. The molecule has 3 aliphatic rings. The molecule has 3 atom stereocenters. The van der Waals surface area contributed by atoms with Crippen molar-refractivity contribution in [2.24, 2.45) is 4.99 Å². The summed E-state index contributed by atoms with van der Waals surface area (Å²) in [5.41, 5.74) is 3.56. The molecule has 5 rings (SSSR count). The van der Waals surface area contributed by atoms with Gasteiger partial charge in [-0.1, -0.05) is 12.1 Å². The van der Waals surface area contributed by atoms with Crippen molar-refractivity contribution in [3.05, 3.63) is 58.7 Å². The number of aliphatic imine (C=N–C) groups is 1. The number of alkyl halides is 2. The molecule has 1 aliphatic carbocycles. The number of halogens is 2. The van der Waals surface area contributed by atoms with Gasteiger partial charge in [0.2, 0.25) is 0 Å². The number of carbonyl (C=O) groups is 2. The Morgan fingerprint density at radius 3 is 2.57 bits per heavy atom. The summed E-state index contributed by atoms with van der Waals surface area (Å²) < 4.78 is 47.5. The van der Waals surface area contributed by atoms with Crippen LogP contribution in [0.1, 0.15) is 65.6 Å². The number of esters is 1. The van der Waals surface area contributed by atoms with Crippen LogP contribution in [0.5, 0.6) is 11.5 Å². The van der Waals surface area contributed by atoms with Crippen LogP contribution in [0, 0.1) is 0 Å². The minimum atomic E-state index is -3.01. The molecule has 0 spiro atoms. The highest BCUT2D eigenvalue weighted by Gasteiger charge is 2.39. The first kappa shape index (κ1) is 29.9. The topological polar surface area (TPSA) is 98.7 Å². The Bertz CT molecular complexity index is 1300. The van der Waals surface area contributed by atoms with Gasteiger partial charge in [0.05, 0.1) is 32.1 Å². The Labute approximate surface area is 244 Å². The minimum Gasteiger partial charge on any atom is -0.493 e. The summed E-state index contributed by atoms with van der Waals surface area (Å²) in [5.74, 6) is -0.525. The Hall–Kier alpha value is -3.57. The lowest BCUT2D eigenvalue weighted by Gasteiger charge is -2.38. The lowest BCUT2D eigenvalue weighted by atomic mass is 9.74. The molecule has 2 aromatic carbocycles. The van der Waals surface area contributed by atoms with Crippen molar-refractivity contribution in [1.82, 2.24) is 10.2 Å². The van der Waals surface area contributed by atoms with E-state index >= 15 is 0 Å². The highest BCUT2D eigenvalue weighted by atomic mass is 19.3. The maximum absolute atomic E-state index is 13.2. The van der Waals surface area contributed by atoms with E-state index < -0.39 is 6.61 Å². The first-order valence-corrected chi connectivity index (χ1v) is 14.4. The number of methoxy groups -OCH3 is 1. The molecular weight excluding hydrogens is 548 g/mol. The Balaban J connectivity index is 1.35. The van der Waals surface area contributed by atoms with E-state index in [2.05, 4.69) is 10.2 Å². The standard InChI is InChI=1S/C31H37F2N3O6/c1-19(37)41-22-8-9-26-24(16-22)23-17-28(42-31(32)33)27(39-2)18-25(23)29(35-26)20-4-6-21(7-5-20)30(38)34-10-3-11-36-12-14-40-15-13-36/h4-7,17-18,22,24,26,31H,3,8-16H2,1-2H3,(H,34,38).